The molecule has 2 N–H and O–H groups in total. The van der Waals surface area contributed by atoms with E-state index in [0.29, 0.717) is 6.54 Å². The van der Waals surface area contributed by atoms with Crippen molar-refractivity contribution in [3.63, 3.8) is 0 Å². The molecule has 0 aliphatic carbocycles. The number of benzene rings is 1. The summed E-state index contributed by atoms with van der Waals surface area (Å²) in [6.07, 6.45) is 0. The van der Waals surface area contributed by atoms with Gasteiger partial charge >= 0.3 is 0 Å². The Balaban J connectivity index is 2.29. The Hall–Kier alpha value is -0.980. The molecule has 1 aliphatic heterocycles. The number of hydrazine groups is 1. The van der Waals surface area contributed by atoms with Crippen LogP contribution in [0.5, 0.6) is 0 Å². The number of hydrogen-bond acceptors (Lipinski definition) is 4. The van der Waals surface area contributed by atoms with Gasteiger partial charge in [0.05, 0.1) is 11.3 Å². The highest BCUT2D eigenvalue weighted by atomic mass is 32.2. The van der Waals surface area contributed by atoms with Crippen LogP contribution in [0, 0.1) is 5.82 Å². The van der Waals surface area contributed by atoms with Crippen molar-refractivity contribution in [2.24, 2.45) is 0 Å². The molecule has 2 atom stereocenters. The van der Waals surface area contributed by atoms with E-state index >= 15 is 0 Å². The van der Waals surface area contributed by atoms with E-state index in [4.69, 9.17) is 0 Å². The zero-order chi connectivity index (χ0) is 12.5. The summed E-state index contributed by atoms with van der Waals surface area (Å²) in [4.78, 5) is 0. The van der Waals surface area contributed by atoms with E-state index in [9.17, 15) is 12.8 Å². The average Bonchev–Trinajstić information content (AvgIpc) is 2.80. The van der Waals surface area contributed by atoms with Gasteiger partial charge in [0.15, 0.2) is 9.84 Å². The predicted octanol–water partition coefficient (Wildman–Crippen LogP) is 0.778. The Labute approximate surface area is 100 Å². The number of rotatable bonds is 3. The van der Waals surface area contributed by atoms with Gasteiger partial charge in [0, 0.05) is 12.3 Å². The maximum absolute atomic E-state index is 12.8. The van der Waals surface area contributed by atoms with Crippen molar-refractivity contribution in [1.29, 1.82) is 0 Å². The quantitative estimate of drug-likeness (QED) is 0.841. The summed E-state index contributed by atoms with van der Waals surface area (Å²) in [7, 11) is -3.12. The van der Waals surface area contributed by atoms with Crippen LogP contribution in [-0.4, -0.2) is 26.0 Å². The van der Waals surface area contributed by atoms with Gasteiger partial charge in [0.2, 0.25) is 0 Å². The number of halogens is 1. The fraction of sp³-hybridized carbons (Fsp3) is 0.455. The highest BCUT2D eigenvalue weighted by Crippen LogP contribution is 2.25. The van der Waals surface area contributed by atoms with Crippen LogP contribution in [0.2, 0.25) is 0 Å². The van der Waals surface area contributed by atoms with E-state index in [1.807, 2.05) is 0 Å². The highest BCUT2D eigenvalue weighted by Gasteiger charge is 2.37. The van der Waals surface area contributed by atoms with Gasteiger partial charge in [-0.3, -0.25) is 5.43 Å². The molecular formula is C11H15FN2O2S. The van der Waals surface area contributed by atoms with Crippen molar-refractivity contribution in [1.82, 2.24) is 10.9 Å². The first-order chi connectivity index (χ1) is 8.04. The lowest BCUT2D eigenvalue weighted by molar-refractivity contribution is 0.553. The smallest absolute Gasteiger partial charge is 0.156 e. The van der Waals surface area contributed by atoms with E-state index in [-0.39, 0.29) is 17.6 Å². The van der Waals surface area contributed by atoms with Crippen LogP contribution in [-0.2, 0) is 9.84 Å². The molecule has 0 saturated carbocycles. The van der Waals surface area contributed by atoms with Crippen molar-refractivity contribution in [2.75, 3.05) is 12.3 Å². The molecule has 2 unspecified atom stereocenters. The molecule has 0 amide bonds. The topological polar surface area (TPSA) is 58.2 Å². The molecule has 1 heterocycles. The Kier molecular flexibility index (Phi) is 3.46. The first-order valence-electron chi connectivity index (χ1n) is 5.50. The van der Waals surface area contributed by atoms with E-state index in [2.05, 4.69) is 10.9 Å². The molecule has 0 bridgehead atoms. The minimum Gasteiger partial charge on any atom is -0.256 e. The van der Waals surface area contributed by atoms with E-state index < -0.39 is 15.1 Å². The summed E-state index contributed by atoms with van der Waals surface area (Å²) in [6, 6.07) is 5.58. The summed E-state index contributed by atoms with van der Waals surface area (Å²) in [5, 5.41) is -0.502. The molecule has 0 radical (unpaired) electrons. The Bertz CT molecular complexity index is 487. The van der Waals surface area contributed by atoms with Gasteiger partial charge in [0.25, 0.3) is 0 Å². The Morgan fingerprint density at radius 2 is 2.00 bits per heavy atom. The molecule has 0 aromatic heterocycles. The van der Waals surface area contributed by atoms with Crippen molar-refractivity contribution >= 4 is 9.84 Å². The van der Waals surface area contributed by atoms with Gasteiger partial charge in [-0.15, -0.1) is 0 Å². The Morgan fingerprint density at radius 1 is 1.35 bits per heavy atom. The molecular weight excluding hydrogens is 243 g/mol. The van der Waals surface area contributed by atoms with Gasteiger partial charge in [-0.25, -0.2) is 18.2 Å². The molecule has 1 aromatic carbocycles. The third-order valence-corrected chi connectivity index (χ3v) is 5.19. The summed E-state index contributed by atoms with van der Waals surface area (Å²) < 4.78 is 36.6. The molecule has 6 heteroatoms. The summed E-state index contributed by atoms with van der Waals surface area (Å²) >= 11 is 0. The lowest BCUT2D eigenvalue weighted by atomic mass is 10.1. The second-order valence-electron chi connectivity index (χ2n) is 4.04. The van der Waals surface area contributed by atoms with E-state index in [1.54, 1.807) is 19.1 Å². The Morgan fingerprint density at radius 3 is 2.59 bits per heavy atom. The van der Waals surface area contributed by atoms with Gasteiger partial charge in [-0.05, 0) is 17.7 Å². The van der Waals surface area contributed by atoms with E-state index in [1.165, 1.54) is 12.1 Å². The molecule has 0 spiro atoms. The molecule has 94 valence electrons. The number of hydrogen-bond donors (Lipinski definition) is 2. The van der Waals surface area contributed by atoms with Crippen LogP contribution in [0.15, 0.2) is 24.3 Å². The van der Waals surface area contributed by atoms with Crippen LogP contribution in [0.1, 0.15) is 18.5 Å². The molecule has 1 saturated heterocycles. The van der Waals surface area contributed by atoms with Gasteiger partial charge in [-0.1, -0.05) is 19.1 Å². The number of nitrogens with one attached hydrogen (secondary N) is 2. The van der Waals surface area contributed by atoms with Gasteiger partial charge < -0.3 is 0 Å². The third-order valence-electron chi connectivity index (χ3n) is 3.03. The minimum absolute atomic E-state index is 0.110. The molecule has 2 rings (SSSR count). The van der Waals surface area contributed by atoms with Crippen LogP contribution >= 0.6 is 0 Å². The zero-order valence-corrected chi connectivity index (χ0v) is 10.3. The van der Waals surface area contributed by atoms with Crippen molar-refractivity contribution in [3.8, 4) is 0 Å². The first-order valence-corrected chi connectivity index (χ1v) is 7.21. The minimum atomic E-state index is -3.12. The lowest BCUT2D eigenvalue weighted by Crippen LogP contribution is -2.31. The van der Waals surface area contributed by atoms with Crippen LogP contribution in [0.3, 0.4) is 0 Å². The highest BCUT2D eigenvalue weighted by molar-refractivity contribution is 7.92. The lowest BCUT2D eigenvalue weighted by Gasteiger charge is -2.18. The largest absolute Gasteiger partial charge is 0.256 e. The SMILES string of the molecule is CCS(=O)(=O)C1CNNC1c1ccc(F)cc1. The second-order valence-corrected chi connectivity index (χ2v) is 6.55. The maximum Gasteiger partial charge on any atom is 0.156 e. The van der Waals surface area contributed by atoms with Crippen LogP contribution in [0.25, 0.3) is 0 Å². The average molecular weight is 258 g/mol. The van der Waals surface area contributed by atoms with E-state index in [0.717, 1.165) is 5.56 Å². The summed E-state index contributed by atoms with van der Waals surface area (Å²) in [5.41, 5.74) is 6.56. The van der Waals surface area contributed by atoms with Gasteiger partial charge in [-0.2, -0.15) is 0 Å². The monoisotopic (exact) mass is 258 g/mol. The van der Waals surface area contributed by atoms with Crippen molar-refractivity contribution in [2.45, 2.75) is 18.2 Å². The third kappa shape index (κ3) is 2.48. The van der Waals surface area contributed by atoms with Gasteiger partial charge in [0.1, 0.15) is 5.82 Å². The fourth-order valence-corrected chi connectivity index (χ4v) is 3.40. The molecule has 1 aliphatic rings. The predicted molar refractivity (Wildman–Crippen MR) is 63.5 cm³/mol. The standard InChI is InChI=1S/C11H15FN2O2S/c1-2-17(15,16)10-7-13-14-11(10)8-3-5-9(12)6-4-8/h3-6,10-11,13-14H,2,7H2,1H3. The fourth-order valence-electron chi connectivity index (χ4n) is 2.00. The normalized spacial score (nSPS) is 25.1. The molecule has 4 nitrogen and oxygen atoms in total. The zero-order valence-electron chi connectivity index (χ0n) is 9.48. The maximum atomic E-state index is 12.8. The van der Waals surface area contributed by atoms with Crippen LogP contribution in [0.4, 0.5) is 4.39 Å². The van der Waals surface area contributed by atoms with Crippen molar-refractivity contribution < 1.29 is 12.8 Å². The number of sulfone groups is 1. The van der Waals surface area contributed by atoms with Crippen molar-refractivity contribution in [3.05, 3.63) is 35.6 Å². The van der Waals surface area contributed by atoms with Crippen LogP contribution < -0.4 is 10.9 Å². The molecule has 17 heavy (non-hydrogen) atoms. The molecule has 1 aromatic rings. The summed E-state index contributed by atoms with van der Waals surface area (Å²) in [5.74, 6) is -0.215. The summed E-state index contributed by atoms with van der Waals surface area (Å²) in [6.45, 7) is 2.01. The molecule has 1 fully saturated rings. The first kappa shape index (κ1) is 12.5. The second kappa shape index (κ2) is 4.72.